The van der Waals surface area contributed by atoms with Crippen LogP contribution in [0.5, 0.6) is 0 Å². The molecule has 0 heterocycles. The molecular formula is C112H232O12. The van der Waals surface area contributed by atoms with Gasteiger partial charge in [0.2, 0.25) is 0 Å². The van der Waals surface area contributed by atoms with E-state index in [-0.39, 0.29) is 26.4 Å². The van der Waals surface area contributed by atoms with Crippen molar-refractivity contribution in [2.45, 2.75) is 693 Å². The maximum Gasteiger partial charge on any atom is 0.113 e. The first-order valence-corrected chi connectivity index (χ1v) is 56.5. The van der Waals surface area contributed by atoms with Gasteiger partial charge in [0.15, 0.2) is 0 Å². The summed E-state index contributed by atoms with van der Waals surface area (Å²) < 4.78 is 0. The van der Waals surface area contributed by atoms with Gasteiger partial charge >= 0.3 is 0 Å². The van der Waals surface area contributed by atoms with Crippen LogP contribution in [0.3, 0.4) is 0 Å². The number of aliphatic hydroxyl groups is 12. The maximum atomic E-state index is 10.8. The van der Waals surface area contributed by atoms with Gasteiger partial charge in [0, 0.05) is 0 Å². The van der Waals surface area contributed by atoms with Gasteiger partial charge < -0.3 is 61.3 Å². The highest BCUT2D eigenvalue weighted by Gasteiger charge is 2.37. The molecule has 0 fully saturated rings. The molecule has 0 rings (SSSR count). The van der Waals surface area contributed by atoms with Gasteiger partial charge in [0.05, 0.1) is 50.8 Å². The van der Waals surface area contributed by atoms with Crippen LogP contribution in [-0.2, 0) is 0 Å². The van der Waals surface area contributed by atoms with Crippen molar-refractivity contribution in [3.63, 3.8) is 0 Å². The Hall–Kier alpha value is -0.480. The fraction of sp³-hybridized carbons (Fsp3) is 1.00. The Labute approximate surface area is 776 Å². The van der Waals surface area contributed by atoms with Gasteiger partial charge in [-0.05, 0) is 51.4 Å². The Morgan fingerprint density at radius 1 is 0.129 bits per heavy atom. The lowest BCUT2D eigenvalue weighted by Gasteiger charge is -2.31. The predicted molar refractivity (Wildman–Crippen MR) is 542 cm³/mol. The van der Waals surface area contributed by atoms with E-state index >= 15 is 0 Å². The number of aliphatic hydroxyl groups excluding tert-OH is 8. The molecule has 12 nitrogen and oxygen atoms in total. The Morgan fingerprint density at radius 3 is 0.298 bits per heavy atom. The van der Waals surface area contributed by atoms with Crippen LogP contribution in [-0.4, -0.2) is 135 Å². The molecule has 8 atom stereocenters. The summed E-state index contributed by atoms with van der Waals surface area (Å²) in [5.41, 5.74) is -5.22. The van der Waals surface area contributed by atoms with E-state index in [1.807, 2.05) is 0 Å². The topological polar surface area (TPSA) is 243 Å². The van der Waals surface area contributed by atoms with Crippen LogP contribution < -0.4 is 0 Å². The molecule has 0 aromatic carbocycles. The number of hydrogen-bond donors (Lipinski definition) is 12. The predicted octanol–water partition coefficient (Wildman–Crippen LogP) is 32.3. The molecule has 0 aliphatic heterocycles. The largest absolute Gasteiger partial charge is 0.393 e. The van der Waals surface area contributed by atoms with Crippen molar-refractivity contribution < 1.29 is 61.3 Å². The first kappa shape index (κ1) is 130. The summed E-state index contributed by atoms with van der Waals surface area (Å²) in [5, 5.41) is 123. The van der Waals surface area contributed by atoms with E-state index in [2.05, 4.69) is 55.4 Å². The normalized spacial score (nSPS) is 14.6. The summed E-state index contributed by atoms with van der Waals surface area (Å²) in [5.74, 6) is 0. The van der Waals surface area contributed by atoms with Crippen molar-refractivity contribution in [1.29, 1.82) is 0 Å². The Morgan fingerprint density at radius 2 is 0.210 bits per heavy atom. The lowest BCUT2D eigenvalue weighted by Crippen LogP contribution is -2.45. The minimum atomic E-state index is -1.31. The Kier molecular flexibility index (Phi) is 109. The molecule has 0 aliphatic rings. The van der Waals surface area contributed by atoms with Crippen LogP contribution in [0.25, 0.3) is 0 Å². The molecule has 0 saturated heterocycles. The molecule has 0 aliphatic carbocycles. The smallest absolute Gasteiger partial charge is 0.113 e. The maximum absolute atomic E-state index is 10.8. The van der Waals surface area contributed by atoms with Gasteiger partial charge in [-0.3, -0.25) is 0 Å². The SMILES string of the molecule is CCCCCCCCC(O)C(O)(CO)CCCCCCCC.CCCCCCCCCCC(O)C(O)(CO)CCCCCCCCCC.CCCCCCCCCCCCCCC(O)C(O)(CO)CCCCCCCCCCCCCC.CCCCCCCCCCCCCCCCCCC(O)C(O)(CO)CCCCCCCCCCCCCCCCCC. The third-order valence-electron chi connectivity index (χ3n) is 27.8. The van der Waals surface area contributed by atoms with E-state index in [1.54, 1.807) is 0 Å². The van der Waals surface area contributed by atoms with Gasteiger partial charge in [-0.15, -0.1) is 0 Å². The molecular weight excluding hydrogens is 1540 g/mol. The monoisotopic (exact) mass is 1770 g/mol. The average molecular weight is 1770 g/mol. The molecule has 0 aromatic heterocycles. The van der Waals surface area contributed by atoms with Crippen LogP contribution in [0.15, 0.2) is 0 Å². The van der Waals surface area contributed by atoms with Crippen LogP contribution in [0, 0.1) is 0 Å². The highest BCUT2D eigenvalue weighted by atomic mass is 16.4. The summed E-state index contributed by atoms with van der Waals surface area (Å²) >= 11 is 0. The second-order valence-electron chi connectivity index (χ2n) is 40.1. The second kappa shape index (κ2) is 105. The van der Waals surface area contributed by atoms with Crippen molar-refractivity contribution in [1.82, 2.24) is 0 Å². The van der Waals surface area contributed by atoms with E-state index in [0.29, 0.717) is 51.4 Å². The highest BCUT2D eigenvalue weighted by molar-refractivity contribution is 4.89. The molecule has 8 unspecified atom stereocenters. The van der Waals surface area contributed by atoms with Gasteiger partial charge in [0.1, 0.15) is 22.4 Å². The molecule has 0 radical (unpaired) electrons. The molecule has 0 bridgehead atoms. The number of rotatable bonds is 100. The van der Waals surface area contributed by atoms with Crippen molar-refractivity contribution in [2.24, 2.45) is 0 Å². The van der Waals surface area contributed by atoms with Crippen LogP contribution in [0.2, 0.25) is 0 Å². The van der Waals surface area contributed by atoms with E-state index in [4.69, 9.17) is 0 Å². The first-order chi connectivity index (χ1) is 60.4. The Balaban J connectivity index is -0.000000797. The molecule has 752 valence electrons. The number of hydrogen-bond acceptors (Lipinski definition) is 12. The van der Waals surface area contributed by atoms with E-state index in [9.17, 15) is 61.3 Å². The van der Waals surface area contributed by atoms with Crippen molar-refractivity contribution in [2.75, 3.05) is 26.4 Å². The van der Waals surface area contributed by atoms with E-state index < -0.39 is 46.8 Å². The van der Waals surface area contributed by atoms with Crippen LogP contribution >= 0.6 is 0 Å². The lowest BCUT2D eigenvalue weighted by atomic mass is 9.87. The molecule has 0 saturated carbocycles. The standard InChI is InChI=1S/C39H80O3.C31H64O3.C23H48O3.C19H40O3/c1-3-5-7-9-11-13-15-17-19-21-23-25-27-29-31-33-35-38(41)39(42,37-40)36-34-32-30-28-26-24-22-20-18-16-14-12-10-8-6-4-2;1-3-5-7-9-11-13-15-17-19-21-23-25-27-30(33)31(34,29-32)28-26-24-22-20-18-16-14-12-10-8-6-4-2;1-3-5-7-9-11-13-15-17-19-22(25)23(26,21-24)20-18-16-14-12-10-8-6-4-2;1-3-5-7-9-11-13-15-18(21)19(22,17-20)16-14-12-10-8-6-4-2/h38,40-42H,3-37H2,1-2H3;30,32-34H,3-29H2,1-2H3;22,24-26H,3-21H2,1-2H3;18,20-22H,3-17H2,1-2H3. The Bertz CT molecular complexity index is 1920. The summed E-state index contributed by atoms with van der Waals surface area (Å²) in [6.07, 6.45) is 108. The van der Waals surface area contributed by atoms with Gasteiger partial charge in [-0.1, -0.05) is 595 Å². The minimum Gasteiger partial charge on any atom is -0.393 e. The number of unbranched alkanes of at least 4 members (excludes halogenated alkanes) is 76. The fourth-order valence-electron chi connectivity index (χ4n) is 18.2. The van der Waals surface area contributed by atoms with E-state index in [0.717, 1.165) is 103 Å². The summed E-state index contributed by atoms with van der Waals surface area (Å²) in [6, 6.07) is 0. The summed E-state index contributed by atoms with van der Waals surface area (Å²) in [4.78, 5) is 0. The van der Waals surface area contributed by atoms with Crippen molar-refractivity contribution >= 4 is 0 Å². The van der Waals surface area contributed by atoms with Crippen LogP contribution in [0.4, 0.5) is 0 Å². The second-order valence-corrected chi connectivity index (χ2v) is 40.1. The average Bonchev–Trinajstić information content (AvgIpc) is 0.888. The molecule has 124 heavy (non-hydrogen) atoms. The third kappa shape index (κ3) is 90.7. The van der Waals surface area contributed by atoms with Crippen molar-refractivity contribution in [3.05, 3.63) is 0 Å². The first-order valence-electron chi connectivity index (χ1n) is 56.5. The summed E-state index contributed by atoms with van der Waals surface area (Å²) in [6.45, 7) is 16.6. The van der Waals surface area contributed by atoms with Crippen molar-refractivity contribution in [3.8, 4) is 0 Å². The molecule has 0 amide bonds. The molecule has 0 aromatic rings. The minimum absolute atomic E-state index is 0.328. The fourth-order valence-corrected chi connectivity index (χ4v) is 18.2. The van der Waals surface area contributed by atoms with Crippen LogP contribution in [0.1, 0.15) is 646 Å². The molecule has 12 N–H and O–H groups in total. The zero-order valence-electron chi connectivity index (χ0n) is 85.6. The highest BCUT2D eigenvalue weighted by Crippen LogP contribution is 2.30. The lowest BCUT2D eigenvalue weighted by molar-refractivity contribution is -0.114. The zero-order chi connectivity index (χ0) is 92.2. The van der Waals surface area contributed by atoms with Gasteiger partial charge in [-0.2, -0.15) is 0 Å². The quantitative estimate of drug-likeness (QED) is 0.0255. The van der Waals surface area contributed by atoms with Gasteiger partial charge in [-0.25, -0.2) is 0 Å². The van der Waals surface area contributed by atoms with E-state index in [1.165, 1.54) is 437 Å². The third-order valence-corrected chi connectivity index (χ3v) is 27.8. The summed E-state index contributed by atoms with van der Waals surface area (Å²) in [7, 11) is 0. The zero-order valence-corrected chi connectivity index (χ0v) is 85.6. The molecule has 12 heteroatoms. The molecule has 0 spiro atoms. The van der Waals surface area contributed by atoms with Gasteiger partial charge in [0.25, 0.3) is 0 Å².